The molecule has 28 heavy (non-hydrogen) atoms. The van der Waals surface area contributed by atoms with Crippen LogP contribution in [0.4, 0.5) is 0 Å². The van der Waals surface area contributed by atoms with Gasteiger partial charge in [-0.2, -0.15) is 0 Å². The Hall–Kier alpha value is -1.06. The van der Waals surface area contributed by atoms with Crippen LogP contribution in [-0.4, -0.2) is 47.8 Å². The zero-order valence-electron chi connectivity index (χ0n) is 19.2. The molecule has 0 saturated heterocycles. The van der Waals surface area contributed by atoms with E-state index in [1.807, 2.05) is 0 Å². The first-order valence-electron chi connectivity index (χ1n) is 12.2. The highest BCUT2D eigenvalue weighted by atomic mass is 16.2. The van der Waals surface area contributed by atoms with Gasteiger partial charge in [0.15, 0.2) is 0 Å². The Balaban J connectivity index is 2.58. The summed E-state index contributed by atoms with van der Waals surface area (Å²) in [6, 6.07) is 0. The molecule has 4 heteroatoms. The Morgan fingerprint density at radius 1 is 0.571 bits per heavy atom. The average molecular weight is 395 g/mol. The molecule has 1 aliphatic rings. The van der Waals surface area contributed by atoms with E-state index < -0.39 is 0 Å². The molecule has 0 heterocycles. The summed E-state index contributed by atoms with van der Waals surface area (Å²) >= 11 is 0. The molecule has 0 radical (unpaired) electrons. The van der Waals surface area contributed by atoms with Crippen molar-refractivity contribution >= 4 is 11.8 Å². The lowest BCUT2D eigenvalue weighted by atomic mass is 9.80. The Bertz CT molecular complexity index is 374. The molecule has 0 aromatic heterocycles. The van der Waals surface area contributed by atoms with E-state index in [9.17, 15) is 9.59 Å². The van der Waals surface area contributed by atoms with Crippen LogP contribution in [0.25, 0.3) is 0 Å². The van der Waals surface area contributed by atoms with E-state index in [1.165, 1.54) is 0 Å². The van der Waals surface area contributed by atoms with Crippen molar-refractivity contribution in [2.24, 2.45) is 11.8 Å². The maximum atomic E-state index is 13.0. The number of carbonyl (C=O) groups is 2. The highest BCUT2D eigenvalue weighted by Crippen LogP contribution is 2.31. The molecular formula is C24H46N2O2. The van der Waals surface area contributed by atoms with Gasteiger partial charge in [0.25, 0.3) is 0 Å². The van der Waals surface area contributed by atoms with Crippen LogP contribution in [-0.2, 0) is 9.59 Å². The summed E-state index contributed by atoms with van der Waals surface area (Å²) in [6.07, 6.45) is 12.4. The third-order valence-corrected chi connectivity index (χ3v) is 6.18. The molecular weight excluding hydrogens is 348 g/mol. The highest BCUT2D eigenvalue weighted by Gasteiger charge is 2.33. The average Bonchev–Trinajstić information content (AvgIpc) is 2.73. The van der Waals surface area contributed by atoms with Gasteiger partial charge in [0.2, 0.25) is 11.8 Å². The summed E-state index contributed by atoms with van der Waals surface area (Å²) in [6.45, 7) is 12.3. The molecule has 1 rings (SSSR count). The summed E-state index contributed by atoms with van der Waals surface area (Å²) in [4.78, 5) is 30.3. The lowest BCUT2D eigenvalue weighted by molar-refractivity contribution is -0.141. The minimum atomic E-state index is 0.137. The van der Waals surface area contributed by atoms with Crippen molar-refractivity contribution in [2.45, 2.75) is 105 Å². The van der Waals surface area contributed by atoms with Gasteiger partial charge in [-0.3, -0.25) is 9.59 Å². The largest absolute Gasteiger partial charge is 0.342 e. The van der Waals surface area contributed by atoms with Crippen molar-refractivity contribution in [2.75, 3.05) is 26.2 Å². The SMILES string of the molecule is CCCCN(CCCC)C(=O)[C@H]1CC[C@@H](C(=O)N(CCCC)CCCC)CC1. The van der Waals surface area contributed by atoms with Crippen LogP contribution >= 0.6 is 0 Å². The number of hydrogen-bond acceptors (Lipinski definition) is 2. The summed E-state index contributed by atoms with van der Waals surface area (Å²) in [5, 5.41) is 0. The lowest BCUT2D eigenvalue weighted by Gasteiger charge is -2.34. The maximum Gasteiger partial charge on any atom is 0.225 e. The molecule has 4 nitrogen and oxygen atoms in total. The van der Waals surface area contributed by atoms with Gasteiger partial charge < -0.3 is 9.80 Å². The van der Waals surface area contributed by atoms with Crippen molar-refractivity contribution in [1.29, 1.82) is 0 Å². The quantitative estimate of drug-likeness (QED) is 0.382. The molecule has 0 aromatic carbocycles. The third-order valence-electron chi connectivity index (χ3n) is 6.18. The second-order valence-electron chi connectivity index (χ2n) is 8.61. The number of amides is 2. The second-order valence-corrected chi connectivity index (χ2v) is 8.61. The molecule has 1 fully saturated rings. The van der Waals surface area contributed by atoms with Crippen LogP contribution in [0.15, 0.2) is 0 Å². The molecule has 0 unspecified atom stereocenters. The first kappa shape index (κ1) is 25.0. The maximum absolute atomic E-state index is 13.0. The number of nitrogens with zero attached hydrogens (tertiary/aromatic N) is 2. The smallest absolute Gasteiger partial charge is 0.225 e. The number of unbranched alkanes of at least 4 members (excludes halogenated alkanes) is 4. The highest BCUT2D eigenvalue weighted by molar-refractivity contribution is 5.81. The van der Waals surface area contributed by atoms with E-state index >= 15 is 0 Å². The topological polar surface area (TPSA) is 40.6 Å². The molecule has 0 atom stereocenters. The van der Waals surface area contributed by atoms with Crippen molar-refractivity contribution in [1.82, 2.24) is 9.80 Å². The number of carbonyl (C=O) groups excluding carboxylic acids is 2. The van der Waals surface area contributed by atoms with Crippen molar-refractivity contribution in [3.8, 4) is 0 Å². The van der Waals surface area contributed by atoms with E-state index in [1.54, 1.807) is 0 Å². The van der Waals surface area contributed by atoms with Crippen molar-refractivity contribution in [3.63, 3.8) is 0 Å². The van der Waals surface area contributed by atoms with Crippen LogP contribution in [0.5, 0.6) is 0 Å². The monoisotopic (exact) mass is 394 g/mol. The summed E-state index contributed by atoms with van der Waals surface area (Å²) < 4.78 is 0. The van der Waals surface area contributed by atoms with Gasteiger partial charge in [-0.25, -0.2) is 0 Å². The third kappa shape index (κ3) is 8.53. The van der Waals surface area contributed by atoms with E-state index in [0.717, 1.165) is 103 Å². The predicted molar refractivity (Wildman–Crippen MR) is 118 cm³/mol. The Kier molecular flexibility index (Phi) is 13.3. The molecule has 164 valence electrons. The van der Waals surface area contributed by atoms with Crippen molar-refractivity contribution < 1.29 is 9.59 Å². The van der Waals surface area contributed by atoms with Crippen LogP contribution in [0.3, 0.4) is 0 Å². The van der Waals surface area contributed by atoms with Gasteiger partial charge in [0.1, 0.15) is 0 Å². The van der Waals surface area contributed by atoms with Gasteiger partial charge in [-0.05, 0) is 51.4 Å². The molecule has 1 aliphatic carbocycles. The molecule has 0 aliphatic heterocycles. The Morgan fingerprint density at radius 3 is 1.04 bits per heavy atom. The van der Waals surface area contributed by atoms with Gasteiger partial charge in [0.05, 0.1) is 0 Å². The fourth-order valence-electron chi connectivity index (χ4n) is 4.16. The van der Waals surface area contributed by atoms with Crippen LogP contribution in [0, 0.1) is 11.8 Å². The zero-order chi connectivity index (χ0) is 20.8. The van der Waals surface area contributed by atoms with Gasteiger partial charge >= 0.3 is 0 Å². The molecule has 1 saturated carbocycles. The van der Waals surface area contributed by atoms with Gasteiger partial charge in [-0.15, -0.1) is 0 Å². The predicted octanol–water partition coefficient (Wildman–Crippen LogP) is 5.65. The van der Waals surface area contributed by atoms with Gasteiger partial charge in [0, 0.05) is 38.0 Å². The van der Waals surface area contributed by atoms with Crippen LogP contribution in [0.2, 0.25) is 0 Å². The summed E-state index contributed by atoms with van der Waals surface area (Å²) in [5.74, 6) is 0.971. The van der Waals surface area contributed by atoms with Crippen molar-refractivity contribution in [3.05, 3.63) is 0 Å². The Labute approximate surface area is 174 Å². The molecule has 0 N–H and O–H groups in total. The normalized spacial score (nSPS) is 19.4. The molecule has 0 spiro atoms. The lowest BCUT2D eigenvalue weighted by Crippen LogP contribution is -2.42. The van der Waals surface area contributed by atoms with Gasteiger partial charge in [-0.1, -0.05) is 53.4 Å². The molecule has 2 amide bonds. The minimum absolute atomic E-state index is 0.137. The number of hydrogen-bond donors (Lipinski definition) is 0. The fourth-order valence-corrected chi connectivity index (χ4v) is 4.16. The van der Waals surface area contributed by atoms with Crippen LogP contribution < -0.4 is 0 Å². The Morgan fingerprint density at radius 2 is 0.821 bits per heavy atom. The van der Waals surface area contributed by atoms with Crippen LogP contribution in [0.1, 0.15) is 105 Å². The fraction of sp³-hybridized carbons (Fsp3) is 0.917. The minimum Gasteiger partial charge on any atom is -0.342 e. The summed E-state index contributed by atoms with van der Waals surface area (Å²) in [5.41, 5.74) is 0. The first-order chi connectivity index (χ1) is 13.6. The van der Waals surface area contributed by atoms with E-state index in [0.29, 0.717) is 11.8 Å². The van der Waals surface area contributed by atoms with E-state index in [4.69, 9.17) is 0 Å². The molecule has 0 aromatic rings. The van der Waals surface area contributed by atoms with E-state index in [-0.39, 0.29) is 11.8 Å². The second kappa shape index (κ2) is 14.9. The first-order valence-corrected chi connectivity index (χ1v) is 12.2. The number of rotatable bonds is 14. The zero-order valence-corrected chi connectivity index (χ0v) is 19.2. The standard InChI is InChI=1S/C24H46N2O2/c1-5-9-17-25(18-10-6-2)23(27)21-13-15-22(16-14-21)24(28)26(19-11-7-3)20-12-8-4/h21-22H,5-20H2,1-4H3/t21-,22+. The summed E-state index contributed by atoms with van der Waals surface area (Å²) in [7, 11) is 0. The van der Waals surface area contributed by atoms with E-state index in [2.05, 4.69) is 37.5 Å². The molecule has 0 bridgehead atoms.